The van der Waals surface area contributed by atoms with Crippen LogP contribution in [0.4, 0.5) is 5.69 Å². The van der Waals surface area contributed by atoms with E-state index >= 15 is 0 Å². The van der Waals surface area contributed by atoms with E-state index in [1.165, 1.54) is 40.4 Å². The number of allylic oxidation sites excluding steroid dienone is 2. The van der Waals surface area contributed by atoms with Gasteiger partial charge in [0.15, 0.2) is 33.9 Å². The summed E-state index contributed by atoms with van der Waals surface area (Å²) in [5, 5.41) is 29.6. The molecule has 5 aromatic rings. The fourth-order valence-electron chi connectivity index (χ4n) is 7.05. The zero-order chi connectivity index (χ0) is 36.3. The van der Waals surface area contributed by atoms with Gasteiger partial charge < -0.3 is 34.6 Å². The van der Waals surface area contributed by atoms with Gasteiger partial charge in [-0.2, -0.15) is 8.42 Å². The van der Waals surface area contributed by atoms with Gasteiger partial charge in [0, 0.05) is 56.7 Å². The average Bonchev–Trinajstić information content (AvgIpc) is 3.13. The van der Waals surface area contributed by atoms with Crippen LogP contribution in [0.15, 0.2) is 27.3 Å². The van der Waals surface area contributed by atoms with Crippen molar-refractivity contribution in [2.24, 2.45) is 0 Å². The standard InChI is InChI=1S/C34H34N2O8.H2O4S/c1-14-11-16-22-27-23(32(40)31(16)35-9-8-10-36(3)4)17(38)12-19(42-5)25(27)26-20(43-6)13-18(39)24-29(26)28(22)30(21(14)15(2)37)34(44-7)33(24)41;1-5(2,3)4/h12-13,35,40-41H,8-11H2,1-7H3;(H2,1,2,3,4). The number of nitrogens with one attached hydrogen (secondary N) is 1. The first-order valence-corrected chi connectivity index (χ1v) is 16.4. The molecule has 0 amide bonds. The number of phenols is 2. The number of hydrogen-bond donors (Lipinski definition) is 5. The molecule has 0 radical (unpaired) electrons. The number of phenolic OH excluding ortho intramolecular Hbond substituents is 2. The third-order valence-electron chi connectivity index (χ3n) is 8.71. The third-order valence-corrected chi connectivity index (χ3v) is 8.71. The number of carbonyl (C=O) groups is 1. The van der Waals surface area contributed by atoms with E-state index in [-0.39, 0.29) is 46.0 Å². The number of rotatable bonds is 9. The van der Waals surface area contributed by atoms with Gasteiger partial charge in [0.25, 0.3) is 0 Å². The first-order valence-electron chi connectivity index (χ1n) is 15.0. The zero-order valence-electron chi connectivity index (χ0n) is 27.9. The number of Topliss-reactive ketones (excluding diaryl/α,β-unsaturated/α-hetero) is 1. The van der Waals surface area contributed by atoms with Crippen LogP contribution >= 0.6 is 0 Å². The summed E-state index contributed by atoms with van der Waals surface area (Å²) in [6, 6.07) is 2.59. The third kappa shape index (κ3) is 5.77. The quantitative estimate of drug-likeness (QED) is 0.0486. The average molecular weight is 697 g/mol. The van der Waals surface area contributed by atoms with E-state index in [4.69, 9.17) is 31.7 Å². The molecule has 5 N–H and O–H groups in total. The van der Waals surface area contributed by atoms with E-state index < -0.39 is 27.0 Å². The molecule has 0 bridgehead atoms. The Labute approximate surface area is 280 Å². The lowest BCUT2D eigenvalue weighted by Crippen LogP contribution is -2.17. The molecule has 1 aliphatic carbocycles. The molecular weight excluding hydrogens is 660 g/mol. The van der Waals surface area contributed by atoms with Crippen LogP contribution in [0.25, 0.3) is 48.7 Å². The fraction of sp³-hybridized carbons (Fsp3) is 0.324. The van der Waals surface area contributed by atoms with Crippen molar-refractivity contribution in [3.63, 3.8) is 0 Å². The lowest BCUT2D eigenvalue weighted by Gasteiger charge is -2.24. The van der Waals surface area contributed by atoms with E-state index in [0.29, 0.717) is 66.8 Å². The summed E-state index contributed by atoms with van der Waals surface area (Å²) >= 11 is 0. The smallest absolute Gasteiger partial charge is 0.394 e. The Morgan fingerprint density at radius 1 is 0.837 bits per heavy atom. The van der Waals surface area contributed by atoms with Crippen LogP contribution < -0.4 is 30.4 Å². The number of aromatic hydroxyl groups is 2. The molecular formula is C34H36N2O12S. The summed E-state index contributed by atoms with van der Waals surface area (Å²) in [5.41, 5.74) is 1.39. The number of ether oxygens (including phenoxy) is 3. The highest BCUT2D eigenvalue weighted by Crippen LogP contribution is 2.57. The molecule has 0 aromatic heterocycles. The Bertz CT molecular complexity index is 2430. The maximum Gasteiger partial charge on any atom is 0.394 e. The van der Waals surface area contributed by atoms with Crippen molar-refractivity contribution < 1.29 is 46.7 Å². The summed E-state index contributed by atoms with van der Waals surface area (Å²) in [4.78, 5) is 42.9. The monoisotopic (exact) mass is 696 g/mol. The number of methoxy groups -OCH3 is 3. The molecule has 0 atom stereocenters. The Balaban J connectivity index is 0.000000874. The Morgan fingerprint density at radius 2 is 1.35 bits per heavy atom. The van der Waals surface area contributed by atoms with Crippen LogP contribution in [0, 0.1) is 0 Å². The molecule has 1 aliphatic rings. The van der Waals surface area contributed by atoms with Gasteiger partial charge in [0.05, 0.1) is 37.8 Å². The molecule has 0 saturated heterocycles. The van der Waals surface area contributed by atoms with E-state index in [1.54, 1.807) is 0 Å². The van der Waals surface area contributed by atoms with Crippen LogP contribution in [0.5, 0.6) is 28.7 Å². The fourth-order valence-corrected chi connectivity index (χ4v) is 7.05. The van der Waals surface area contributed by atoms with Crippen molar-refractivity contribution in [3.8, 4) is 28.7 Å². The minimum atomic E-state index is -4.67. The number of carbonyl (C=O) groups excluding carboxylic acids is 1. The first kappa shape index (κ1) is 35.3. The van der Waals surface area contributed by atoms with Gasteiger partial charge in [-0.05, 0) is 58.3 Å². The highest BCUT2D eigenvalue weighted by molar-refractivity contribution is 7.79. The van der Waals surface area contributed by atoms with Gasteiger partial charge in [-0.25, -0.2) is 0 Å². The molecule has 0 saturated carbocycles. The van der Waals surface area contributed by atoms with Crippen molar-refractivity contribution >= 4 is 70.5 Å². The molecule has 0 spiro atoms. The minimum Gasteiger partial charge on any atom is -0.505 e. The molecule has 0 fully saturated rings. The molecule has 260 valence electrons. The lowest BCUT2D eigenvalue weighted by molar-refractivity contribution is -0.111. The topological polar surface area (TPSA) is 209 Å². The molecule has 15 heteroatoms. The number of hydrogen-bond acceptors (Lipinski definition) is 12. The van der Waals surface area contributed by atoms with Crippen molar-refractivity contribution in [1.29, 1.82) is 0 Å². The highest BCUT2D eigenvalue weighted by Gasteiger charge is 2.35. The summed E-state index contributed by atoms with van der Waals surface area (Å²) in [5.74, 6) is -0.476. The summed E-state index contributed by atoms with van der Waals surface area (Å²) in [7, 11) is 3.52. The maximum absolute atomic E-state index is 13.8. The molecule has 6 rings (SSSR count). The minimum absolute atomic E-state index is 0.00887. The molecule has 49 heavy (non-hydrogen) atoms. The Morgan fingerprint density at radius 3 is 1.82 bits per heavy atom. The van der Waals surface area contributed by atoms with Crippen LogP contribution in [0.2, 0.25) is 0 Å². The van der Waals surface area contributed by atoms with E-state index in [1.807, 2.05) is 21.0 Å². The van der Waals surface area contributed by atoms with Crippen LogP contribution in [-0.4, -0.2) is 86.9 Å². The van der Waals surface area contributed by atoms with Gasteiger partial charge in [0.1, 0.15) is 11.5 Å². The summed E-state index contributed by atoms with van der Waals surface area (Å²) < 4.78 is 48.8. The van der Waals surface area contributed by atoms with Crippen molar-refractivity contribution in [1.82, 2.24) is 4.90 Å². The predicted octanol–water partition coefficient (Wildman–Crippen LogP) is 3.96. The summed E-state index contributed by atoms with van der Waals surface area (Å²) in [6.45, 7) is 4.56. The van der Waals surface area contributed by atoms with E-state index in [2.05, 4.69) is 10.2 Å². The second-order valence-electron chi connectivity index (χ2n) is 12.0. The van der Waals surface area contributed by atoms with Crippen molar-refractivity contribution in [2.75, 3.05) is 53.8 Å². The number of ketones is 1. The SMILES string of the molecule is COc1c(O)c2c(=O)cc(OC)c3c4c(OC)cc(=O)c5c(O)c(NCCCN(C)C)c6c(c(c1C(C(C)=O)=C(C)C6)c23)c54.O=S(=O)(O)O. The Hall–Kier alpha value is -4.96. The van der Waals surface area contributed by atoms with Crippen molar-refractivity contribution in [3.05, 3.63) is 49.3 Å². The van der Waals surface area contributed by atoms with Crippen LogP contribution in [0.3, 0.4) is 0 Å². The maximum atomic E-state index is 13.8. The molecule has 14 nitrogen and oxygen atoms in total. The van der Waals surface area contributed by atoms with Gasteiger partial charge in [-0.15, -0.1) is 0 Å². The normalized spacial score (nSPS) is 13.0. The first-order chi connectivity index (χ1) is 23.0. The number of fused-ring (bicyclic) bond motifs is 1. The van der Waals surface area contributed by atoms with E-state index in [9.17, 15) is 24.6 Å². The summed E-state index contributed by atoms with van der Waals surface area (Å²) in [6.07, 6.45) is 0.991. The van der Waals surface area contributed by atoms with Gasteiger partial charge in [-0.3, -0.25) is 23.5 Å². The van der Waals surface area contributed by atoms with E-state index in [0.717, 1.165) is 13.0 Å². The van der Waals surface area contributed by atoms with Gasteiger partial charge in [0.2, 0.25) is 0 Å². The van der Waals surface area contributed by atoms with Crippen LogP contribution in [-0.2, 0) is 21.6 Å². The molecule has 0 heterocycles. The molecule has 5 aromatic carbocycles. The van der Waals surface area contributed by atoms with Gasteiger partial charge >= 0.3 is 10.4 Å². The van der Waals surface area contributed by atoms with Crippen LogP contribution in [0.1, 0.15) is 31.4 Å². The molecule has 0 aliphatic heterocycles. The largest absolute Gasteiger partial charge is 0.505 e. The number of nitrogens with zero attached hydrogens (tertiary/aromatic N) is 1. The molecule has 0 unspecified atom stereocenters. The Kier molecular flexibility index (Phi) is 9.25. The number of anilines is 1. The number of benzene rings is 5. The lowest BCUT2D eigenvalue weighted by atomic mass is 9.82. The second-order valence-corrected chi connectivity index (χ2v) is 12.9. The highest BCUT2D eigenvalue weighted by atomic mass is 32.3. The zero-order valence-corrected chi connectivity index (χ0v) is 28.7. The second kappa shape index (κ2) is 12.8. The predicted molar refractivity (Wildman–Crippen MR) is 187 cm³/mol. The van der Waals surface area contributed by atoms with Crippen molar-refractivity contribution in [2.45, 2.75) is 26.7 Å². The van der Waals surface area contributed by atoms with Gasteiger partial charge in [-0.1, -0.05) is 5.57 Å².